The number of nitrogens with zero attached hydrogens (tertiary/aromatic N) is 8. The Kier molecular flexibility index (Phi) is 5.32. The van der Waals surface area contributed by atoms with Crippen LogP contribution < -0.4 is 4.74 Å². The average Bonchev–Trinajstić information content (AvgIpc) is 3.50. The van der Waals surface area contributed by atoms with Gasteiger partial charge in [-0.25, -0.2) is 9.97 Å². The first-order chi connectivity index (χ1) is 15.7. The molecule has 1 amide bonds. The molecule has 0 bridgehead atoms. The summed E-state index contributed by atoms with van der Waals surface area (Å²) < 4.78 is 7.67. The first-order valence-electron chi connectivity index (χ1n) is 10.4. The van der Waals surface area contributed by atoms with Gasteiger partial charge in [0.05, 0.1) is 18.1 Å². The van der Waals surface area contributed by atoms with Crippen LogP contribution >= 0.6 is 0 Å². The van der Waals surface area contributed by atoms with Gasteiger partial charge in [-0.1, -0.05) is 18.2 Å². The highest BCUT2D eigenvalue weighted by atomic mass is 16.5. The highest BCUT2D eigenvalue weighted by Crippen LogP contribution is 2.20. The van der Waals surface area contributed by atoms with Gasteiger partial charge in [0.25, 0.3) is 5.91 Å². The van der Waals surface area contributed by atoms with Gasteiger partial charge < -0.3 is 9.64 Å². The van der Waals surface area contributed by atoms with E-state index in [1.807, 2.05) is 43.6 Å². The van der Waals surface area contributed by atoms with Gasteiger partial charge in [0, 0.05) is 62.7 Å². The Morgan fingerprint density at radius 1 is 0.969 bits per heavy atom. The van der Waals surface area contributed by atoms with Crippen molar-refractivity contribution in [1.82, 2.24) is 39.6 Å². The summed E-state index contributed by atoms with van der Waals surface area (Å²) in [6, 6.07) is 9.85. The molecule has 5 rings (SSSR count). The number of para-hydroxylation sites is 1. The van der Waals surface area contributed by atoms with Crippen LogP contribution in [0.5, 0.6) is 6.01 Å². The summed E-state index contributed by atoms with van der Waals surface area (Å²) in [6.45, 7) is 1.16. The molecule has 0 unspecified atom stereocenters. The molecule has 0 spiro atoms. The van der Waals surface area contributed by atoms with Crippen molar-refractivity contribution in [2.24, 2.45) is 7.05 Å². The maximum atomic E-state index is 12.8. The highest BCUT2D eigenvalue weighted by molar-refractivity contribution is 5.92. The summed E-state index contributed by atoms with van der Waals surface area (Å²) >= 11 is 0. The Balaban J connectivity index is 1.16. The quantitative estimate of drug-likeness (QED) is 0.478. The fourth-order valence-electron chi connectivity index (χ4n) is 3.63. The van der Waals surface area contributed by atoms with Crippen LogP contribution in [0.1, 0.15) is 23.3 Å². The zero-order valence-corrected chi connectivity index (χ0v) is 17.6. The number of ether oxygens (including phenoxy) is 1. The number of benzene rings is 1. The molecule has 10 heteroatoms. The van der Waals surface area contributed by atoms with E-state index in [0.29, 0.717) is 37.6 Å². The Morgan fingerprint density at radius 2 is 1.72 bits per heavy atom. The molecular weight excluding hydrogens is 408 g/mol. The summed E-state index contributed by atoms with van der Waals surface area (Å²) in [5, 5.41) is 12.7. The van der Waals surface area contributed by atoms with Crippen molar-refractivity contribution in [1.29, 1.82) is 0 Å². The average molecular weight is 430 g/mol. The van der Waals surface area contributed by atoms with E-state index in [4.69, 9.17) is 4.74 Å². The number of piperidine rings is 1. The minimum absolute atomic E-state index is 0.0386. The largest absolute Gasteiger partial charge is 0.460 e. The smallest absolute Gasteiger partial charge is 0.316 e. The van der Waals surface area contributed by atoms with Crippen molar-refractivity contribution in [3.05, 3.63) is 67.0 Å². The van der Waals surface area contributed by atoms with E-state index in [0.717, 1.165) is 16.8 Å². The Hall–Kier alpha value is -4.08. The van der Waals surface area contributed by atoms with Gasteiger partial charge >= 0.3 is 6.01 Å². The minimum Gasteiger partial charge on any atom is -0.460 e. The maximum absolute atomic E-state index is 12.8. The van der Waals surface area contributed by atoms with Crippen LogP contribution in [0.3, 0.4) is 0 Å². The lowest BCUT2D eigenvalue weighted by atomic mass is 10.1. The molecular formula is C22H22N8O2. The Morgan fingerprint density at radius 3 is 2.41 bits per heavy atom. The van der Waals surface area contributed by atoms with Crippen LogP contribution in [0.2, 0.25) is 0 Å². The lowest BCUT2D eigenvalue weighted by Crippen LogP contribution is -2.42. The predicted octanol–water partition coefficient (Wildman–Crippen LogP) is 2.14. The summed E-state index contributed by atoms with van der Waals surface area (Å²) in [4.78, 5) is 24.7. The van der Waals surface area contributed by atoms with Gasteiger partial charge in [-0.05, 0) is 12.1 Å². The number of carbonyl (C=O) groups is 1. The molecule has 0 radical (unpaired) electrons. The molecule has 0 N–H and O–H groups in total. The van der Waals surface area contributed by atoms with Crippen molar-refractivity contribution < 1.29 is 9.53 Å². The van der Waals surface area contributed by atoms with E-state index in [-0.39, 0.29) is 12.0 Å². The molecule has 3 aromatic heterocycles. The zero-order chi connectivity index (χ0) is 21.9. The number of hydrogen-bond donors (Lipinski definition) is 0. The van der Waals surface area contributed by atoms with Crippen molar-refractivity contribution in [3.8, 4) is 22.8 Å². The minimum atomic E-state index is -0.122. The van der Waals surface area contributed by atoms with Crippen LogP contribution in [0.4, 0.5) is 0 Å². The van der Waals surface area contributed by atoms with Crippen LogP contribution in [0.25, 0.3) is 16.8 Å². The van der Waals surface area contributed by atoms with E-state index >= 15 is 0 Å². The molecule has 0 saturated carbocycles. The normalized spacial score (nSPS) is 14.5. The molecule has 1 aromatic carbocycles. The fraction of sp³-hybridized carbons (Fsp3) is 0.273. The van der Waals surface area contributed by atoms with Crippen molar-refractivity contribution in [2.75, 3.05) is 13.1 Å². The third-order valence-corrected chi connectivity index (χ3v) is 5.37. The molecule has 32 heavy (non-hydrogen) atoms. The lowest BCUT2D eigenvalue weighted by Gasteiger charge is -2.31. The third-order valence-electron chi connectivity index (χ3n) is 5.37. The van der Waals surface area contributed by atoms with Gasteiger partial charge in [-0.15, -0.1) is 5.10 Å². The topological polar surface area (TPSA) is 104 Å². The monoisotopic (exact) mass is 430 g/mol. The van der Waals surface area contributed by atoms with Gasteiger partial charge in [0.2, 0.25) is 0 Å². The van der Waals surface area contributed by atoms with E-state index in [9.17, 15) is 4.79 Å². The van der Waals surface area contributed by atoms with Crippen LogP contribution in [-0.4, -0.2) is 64.7 Å². The number of amides is 1. The summed E-state index contributed by atoms with van der Waals surface area (Å²) in [6.07, 6.45) is 10.0. The summed E-state index contributed by atoms with van der Waals surface area (Å²) in [5.41, 5.74) is 2.99. The van der Waals surface area contributed by atoms with Crippen molar-refractivity contribution >= 4 is 5.91 Å². The van der Waals surface area contributed by atoms with E-state index in [2.05, 4.69) is 25.3 Å². The number of carbonyl (C=O) groups excluding carboxylic acids is 1. The SMILES string of the molecule is Cn1cc(-c2cnc(OC3CCN(C(=O)c4cnn(-c5ccccc5)n4)CC3)nc2)cn1. The van der Waals surface area contributed by atoms with Crippen molar-refractivity contribution in [2.45, 2.75) is 18.9 Å². The fourth-order valence-corrected chi connectivity index (χ4v) is 3.63. The molecule has 10 nitrogen and oxygen atoms in total. The van der Waals surface area contributed by atoms with Gasteiger partial charge in [0.15, 0.2) is 5.69 Å². The molecule has 4 heterocycles. The Bertz CT molecular complexity index is 1190. The van der Waals surface area contributed by atoms with Gasteiger partial charge in [-0.3, -0.25) is 9.48 Å². The zero-order valence-electron chi connectivity index (χ0n) is 17.6. The number of hydrogen-bond acceptors (Lipinski definition) is 7. The molecule has 1 saturated heterocycles. The molecule has 162 valence electrons. The standard InChI is InChI=1S/C22H22N8O2/c1-28-15-17(13-25-28)16-11-23-22(24-12-16)32-19-7-9-29(10-8-19)21(31)20-14-26-30(27-20)18-5-3-2-4-6-18/h2-6,11-15,19H,7-10H2,1H3. The maximum Gasteiger partial charge on any atom is 0.316 e. The van der Waals surface area contributed by atoms with Crippen LogP contribution in [0, 0.1) is 0 Å². The van der Waals surface area contributed by atoms with E-state index in [1.54, 1.807) is 28.2 Å². The van der Waals surface area contributed by atoms with E-state index in [1.165, 1.54) is 11.0 Å². The van der Waals surface area contributed by atoms with Crippen LogP contribution in [-0.2, 0) is 7.05 Å². The first kappa shape index (κ1) is 19.9. The molecule has 0 aliphatic carbocycles. The second-order valence-corrected chi connectivity index (χ2v) is 7.62. The second-order valence-electron chi connectivity index (χ2n) is 7.62. The number of aromatic nitrogens is 7. The van der Waals surface area contributed by atoms with Gasteiger partial charge in [-0.2, -0.15) is 15.0 Å². The first-order valence-corrected chi connectivity index (χ1v) is 10.4. The van der Waals surface area contributed by atoms with Crippen LogP contribution in [0.15, 0.2) is 61.3 Å². The van der Waals surface area contributed by atoms with E-state index < -0.39 is 0 Å². The number of rotatable bonds is 5. The molecule has 0 atom stereocenters. The molecule has 1 aliphatic rings. The summed E-state index contributed by atoms with van der Waals surface area (Å²) in [5.74, 6) is -0.122. The molecule has 1 fully saturated rings. The number of aryl methyl sites for hydroxylation is 1. The predicted molar refractivity (Wildman–Crippen MR) is 115 cm³/mol. The second kappa shape index (κ2) is 8.58. The molecule has 4 aromatic rings. The summed E-state index contributed by atoms with van der Waals surface area (Å²) in [7, 11) is 1.87. The highest BCUT2D eigenvalue weighted by Gasteiger charge is 2.27. The Labute approximate surface area is 184 Å². The number of likely N-dealkylation sites (tertiary alicyclic amines) is 1. The third kappa shape index (κ3) is 4.20. The lowest BCUT2D eigenvalue weighted by molar-refractivity contribution is 0.0573. The van der Waals surface area contributed by atoms with Crippen molar-refractivity contribution in [3.63, 3.8) is 0 Å². The molecule has 1 aliphatic heterocycles. The van der Waals surface area contributed by atoms with Gasteiger partial charge in [0.1, 0.15) is 6.10 Å².